The number of piperidine rings is 1. The van der Waals surface area contributed by atoms with Gasteiger partial charge in [-0.05, 0) is 50.9 Å². The first kappa shape index (κ1) is 25.8. The Morgan fingerprint density at radius 1 is 1.06 bits per heavy atom. The van der Waals surface area contributed by atoms with Crippen molar-refractivity contribution in [2.75, 3.05) is 13.1 Å². The topological polar surface area (TPSA) is 6.48 Å². The Balaban J connectivity index is 2.15. The molecule has 2 nitrogen and oxygen atoms in total. The molecular weight excluding hydrogens is 376 g/mol. The molecule has 2 heteroatoms. The predicted molar refractivity (Wildman–Crippen MR) is 138 cm³/mol. The average Bonchev–Trinajstić information content (AvgIpc) is 2.79. The number of likely N-dealkylation sites (tertiary alicyclic amines) is 1. The lowest BCUT2D eigenvalue weighted by molar-refractivity contribution is 0.0993. The zero-order valence-corrected chi connectivity index (χ0v) is 21.4. The van der Waals surface area contributed by atoms with Crippen LogP contribution in [-0.4, -0.2) is 35.0 Å². The molecule has 0 radical (unpaired) electrons. The summed E-state index contributed by atoms with van der Waals surface area (Å²) in [6.45, 7) is 20.9. The number of rotatable bonds is 12. The van der Waals surface area contributed by atoms with Crippen molar-refractivity contribution in [3.63, 3.8) is 0 Å². The molecule has 31 heavy (non-hydrogen) atoms. The number of hydrogen-bond acceptors (Lipinski definition) is 2. The lowest BCUT2D eigenvalue weighted by Crippen LogP contribution is -2.50. The highest BCUT2D eigenvalue weighted by Crippen LogP contribution is 2.35. The molecule has 0 aromatic heterocycles. The molecular formula is C29H50N2. The molecule has 2 rings (SSSR count). The minimum Gasteiger partial charge on any atom is -0.375 e. The van der Waals surface area contributed by atoms with Gasteiger partial charge in [-0.3, -0.25) is 0 Å². The molecule has 1 aliphatic carbocycles. The second-order valence-electron chi connectivity index (χ2n) is 9.87. The summed E-state index contributed by atoms with van der Waals surface area (Å²) < 4.78 is 0. The van der Waals surface area contributed by atoms with E-state index in [9.17, 15) is 0 Å². The van der Waals surface area contributed by atoms with Gasteiger partial charge in [-0.1, -0.05) is 90.8 Å². The molecule has 3 unspecified atom stereocenters. The molecule has 0 aromatic rings. The second kappa shape index (κ2) is 13.2. The van der Waals surface area contributed by atoms with Crippen LogP contribution in [0.15, 0.2) is 48.4 Å². The van der Waals surface area contributed by atoms with Crippen molar-refractivity contribution >= 4 is 0 Å². The van der Waals surface area contributed by atoms with Crippen LogP contribution < -0.4 is 0 Å². The molecule has 0 bridgehead atoms. The highest BCUT2D eigenvalue weighted by atomic mass is 15.2. The van der Waals surface area contributed by atoms with Gasteiger partial charge in [0.1, 0.15) is 0 Å². The van der Waals surface area contributed by atoms with Gasteiger partial charge in [0.25, 0.3) is 0 Å². The second-order valence-corrected chi connectivity index (χ2v) is 9.87. The maximum Gasteiger partial charge on any atom is 0.0541 e. The standard InChI is InChI=1S/C29H50N2/c1-8-14-24(6)31(29-18-13-12-17-28(29)23(5)11-4)27-19-21-30(22-20-27)25(7)26(15-9-2)16-10-3/h12-14,17-18,23,26-29H,7-11,15-16,19-22H2,1-6H3/b24-14-. The number of nitrogens with zero attached hydrogens (tertiary/aromatic N) is 2. The van der Waals surface area contributed by atoms with E-state index in [0.717, 1.165) is 19.5 Å². The molecule has 1 saturated heterocycles. The average molecular weight is 427 g/mol. The van der Waals surface area contributed by atoms with Gasteiger partial charge in [-0.25, -0.2) is 0 Å². The van der Waals surface area contributed by atoms with E-state index < -0.39 is 0 Å². The van der Waals surface area contributed by atoms with Gasteiger partial charge in [-0.15, -0.1) is 0 Å². The lowest BCUT2D eigenvalue weighted by atomic mass is 9.81. The van der Waals surface area contributed by atoms with Crippen molar-refractivity contribution in [3.8, 4) is 0 Å². The fraction of sp³-hybridized carbons (Fsp3) is 0.724. The fourth-order valence-electron chi connectivity index (χ4n) is 5.72. The molecule has 176 valence electrons. The van der Waals surface area contributed by atoms with Crippen LogP contribution in [0.1, 0.15) is 92.9 Å². The monoisotopic (exact) mass is 426 g/mol. The Kier molecular flexibility index (Phi) is 11.0. The van der Waals surface area contributed by atoms with E-state index >= 15 is 0 Å². The fourth-order valence-corrected chi connectivity index (χ4v) is 5.72. The Morgan fingerprint density at radius 2 is 1.68 bits per heavy atom. The lowest BCUT2D eigenvalue weighted by Gasteiger charge is -2.48. The van der Waals surface area contributed by atoms with Crippen LogP contribution >= 0.6 is 0 Å². The highest BCUT2D eigenvalue weighted by Gasteiger charge is 2.35. The molecule has 0 amide bonds. The first-order valence-electron chi connectivity index (χ1n) is 13.2. The minimum atomic E-state index is 0.482. The van der Waals surface area contributed by atoms with Crippen LogP contribution in [0.4, 0.5) is 0 Å². The van der Waals surface area contributed by atoms with Gasteiger partial charge in [0.2, 0.25) is 0 Å². The van der Waals surface area contributed by atoms with Crippen molar-refractivity contribution in [1.82, 2.24) is 9.80 Å². The third-order valence-corrected chi connectivity index (χ3v) is 7.69. The Bertz CT molecular complexity index is 615. The molecule has 0 saturated carbocycles. The van der Waals surface area contributed by atoms with E-state index in [1.807, 2.05) is 0 Å². The summed E-state index contributed by atoms with van der Waals surface area (Å²) >= 11 is 0. The van der Waals surface area contributed by atoms with Crippen LogP contribution in [0.3, 0.4) is 0 Å². The first-order chi connectivity index (χ1) is 15.0. The smallest absolute Gasteiger partial charge is 0.0541 e. The Labute approximate surface area is 194 Å². The zero-order chi connectivity index (χ0) is 22.8. The van der Waals surface area contributed by atoms with Crippen molar-refractivity contribution in [2.24, 2.45) is 17.8 Å². The molecule has 1 fully saturated rings. The van der Waals surface area contributed by atoms with Gasteiger partial charge in [0, 0.05) is 36.4 Å². The predicted octanol–water partition coefficient (Wildman–Crippen LogP) is 7.95. The summed E-state index contributed by atoms with van der Waals surface area (Å²) in [5.74, 6) is 1.97. The SMILES string of the molecule is C=C(C(CCC)CCC)N1CCC(N(/C(C)=C\CC)C2C=CC=CC2C(C)CC)CC1. The summed E-state index contributed by atoms with van der Waals surface area (Å²) in [4.78, 5) is 5.41. The van der Waals surface area contributed by atoms with Crippen LogP contribution in [0, 0.1) is 17.8 Å². The van der Waals surface area contributed by atoms with E-state index in [2.05, 4.69) is 88.3 Å². The first-order valence-corrected chi connectivity index (χ1v) is 13.2. The Hall–Kier alpha value is -1.44. The van der Waals surface area contributed by atoms with E-state index in [1.165, 1.54) is 56.3 Å². The van der Waals surface area contributed by atoms with Crippen LogP contribution in [-0.2, 0) is 0 Å². The summed E-state index contributed by atoms with van der Waals surface area (Å²) in [7, 11) is 0. The van der Waals surface area contributed by atoms with Gasteiger partial charge in [0.05, 0.1) is 6.04 Å². The summed E-state index contributed by atoms with van der Waals surface area (Å²) in [6.07, 6.45) is 21.8. The van der Waals surface area contributed by atoms with E-state index in [0.29, 0.717) is 29.8 Å². The maximum atomic E-state index is 4.57. The number of hydrogen-bond donors (Lipinski definition) is 0. The van der Waals surface area contributed by atoms with Crippen LogP contribution in [0.5, 0.6) is 0 Å². The number of allylic oxidation sites excluding steroid dienone is 5. The summed E-state index contributed by atoms with van der Waals surface area (Å²) in [5.41, 5.74) is 2.88. The van der Waals surface area contributed by atoms with Crippen molar-refractivity contribution < 1.29 is 0 Å². The van der Waals surface area contributed by atoms with Crippen LogP contribution in [0.2, 0.25) is 0 Å². The quantitative estimate of drug-likeness (QED) is 0.312. The van der Waals surface area contributed by atoms with Crippen molar-refractivity contribution in [2.45, 2.75) is 105 Å². The Morgan fingerprint density at radius 3 is 2.23 bits per heavy atom. The van der Waals surface area contributed by atoms with Crippen molar-refractivity contribution in [1.29, 1.82) is 0 Å². The third-order valence-electron chi connectivity index (χ3n) is 7.69. The largest absolute Gasteiger partial charge is 0.375 e. The third kappa shape index (κ3) is 6.77. The molecule has 2 aliphatic rings. The van der Waals surface area contributed by atoms with Crippen molar-refractivity contribution in [3.05, 3.63) is 48.4 Å². The zero-order valence-electron chi connectivity index (χ0n) is 21.4. The van der Waals surface area contributed by atoms with Gasteiger partial charge in [-0.2, -0.15) is 0 Å². The van der Waals surface area contributed by atoms with Gasteiger partial charge in [0.15, 0.2) is 0 Å². The minimum absolute atomic E-state index is 0.482. The molecule has 1 aliphatic heterocycles. The molecule has 0 spiro atoms. The van der Waals surface area contributed by atoms with Crippen LogP contribution in [0.25, 0.3) is 0 Å². The molecule has 0 N–H and O–H groups in total. The van der Waals surface area contributed by atoms with E-state index in [1.54, 1.807) is 0 Å². The van der Waals surface area contributed by atoms with E-state index in [-0.39, 0.29) is 0 Å². The normalized spacial score (nSPS) is 23.5. The summed E-state index contributed by atoms with van der Waals surface area (Å²) in [5, 5.41) is 0. The van der Waals surface area contributed by atoms with Gasteiger partial charge < -0.3 is 9.80 Å². The maximum absolute atomic E-state index is 4.57. The van der Waals surface area contributed by atoms with Gasteiger partial charge >= 0.3 is 0 Å². The highest BCUT2D eigenvalue weighted by molar-refractivity contribution is 5.21. The molecule has 3 atom stereocenters. The molecule has 1 heterocycles. The van der Waals surface area contributed by atoms with E-state index in [4.69, 9.17) is 0 Å². The summed E-state index contributed by atoms with van der Waals surface area (Å²) in [6, 6.07) is 1.10. The molecule has 0 aromatic carbocycles.